The zero-order valence-electron chi connectivity index (χ0n) is 34.2. The molecule has 6 rings (SSSR count). The van der Waals surface area contributed by atoms with Crippen molar-refractivity contribution in [3.05, 3.63) is 66.0 Å². The number of phenolic OH excluding ortho intramolecular Hbond substituents is 1. The van der Waals surface area contributed by atoms with E-state index in [4.69, 9.17) is 24.1 Å². The summed E-state index contributed by atoms with van der Waals surface area (Å²) in [6.45, 7) is 2.22. The van der Waals surface area contributed by atoms with Crippen molar-refractivity contribution >= 4 is 66.8 Å². The van der Waals surface area contributed by atoms with Gasteiger partial charge in [-0.25, -0.2) is 0 Å². The minimum Gasteiger partial charge on any atom is -0.507 e. The third-order valence-corrected chi connectivity index (χ3v) is 11.3. The van der Waals surface area contributed by atoms with Crippen LogP contribution in [0.1, 0.15) is 98.9 Å². The average Bonchev–Trinajstić information content (AvgIpc) is 3.37. The third kappa shape index (κ3) is 8.79. The van der Waals surface area contributed by atoms with Crippen LogP contribution in [0.25, 0.3) is 49.2 Å². The van der Waals surface area contributed by atoms with Crippen LogP contribution < -0.4 is 20.9 Å². The molecule has 5 aromatic carbocycles. The topological polar surface area (TPSA) is 198 Å². The predicted molar refractivity (Wildman–Crippen MR) is 228 cm³/mol. The van der Waals surface area contributed by atoms with Crippen LogP contribution in [0.15, 0.2) is 27.3 Å². The minimum atomic E-state index is -0.490. The standard InChI is InChI=1S/C46H55NO12/c1-26-20-30-29(12-7-4-5-8-13-35(53)59-19-18-56-2)44(54)41-33(51)23-28(25-50)37-36-27(24-49)22-32(47-15-10-6-9-14-34(52)58-17-11-16-48)40-42(36)39(38(30)43(37)41)31(21-26)46(57-3)45(40)55/h20,22-23,47-50,54H,4-19,21,24-25H2,1-3H3. The number of carbonyl (C=O) groups excluding carboxylic acids is 2. The van der Waals surface area contributed by atoms with E-state index < -0.39 is 18.6 Å². The number of esters is 2. The lowest BCUT2D eigenvalue weighted by Crippen LogP contribution is -2.15. The Bertz CT molecular complexity index is 2480. The fourth-order valence-electron chi connectivity index (χ4n) is 8.72. The Hall–Kier alpha value is -5.08. The number of unbranched alkanes of at least 4 members (excludes halogenated alkanes) is 5. The predicted octanol–water partition coefficient (Wildman–Crippen LogP) is 6.13. The number of ether oxygens (including phenoxy) is 4. The molecule has 0 amide bonds. The zero-order chi connectivity index (χ0) is 42.2. The van der Waals surface area contributed by atoms with E-state index in [0.717, 1.165) is 24.0 Å². The Morgan fingerprint density at radius 1 is 0.712 bits per heavy atom. The molecule has 0 atom stereocenters. The molecule has 5 N–H and O–H groups in total. The number of aliphatic hydroxyl groups excluding tert-OH is 3. The quantitative estimate of drug-likeness (QED) is 0.0219. The molecule has 0 aliphatic heterocycles. The van der Waals surface area contributed by atoms with Crippen molar-refractivity contribution in [3.63, 3.8) is 0 Å². The largest absolute Gasteiger partial charge is 0.507 e. The average molecular weight is 814 g/mol. The van der Waals surface area contributed by atoms with E-state index in [0.29, 0.717) is 137 Å². The molecule has 0 fully saturated rings. The van der Waals surface area contributed by atoms with Crippen LogP contribution in [0.5, 0.6) is 11.5 Å². The van der Waals surface area contributed by atoms with Gasteiger partial charge in [0.2, 0.25) is 5.43 Å². The first kappa shape index (κ1) is 43.5. The highest BCUT2D eigenvalue weighted by atomic mass is 16.6. The van der Waals surface area contributed by atoms with Gasteiger partial charge in [0.15, 0.2) is 11.2 Å². The molecule has 5 aromatic rings. The molecule has 0 spiro atoms. The minimum absolute atomic E-state index is 0.0415. The van der Waals surface area contributed by atoms with Gasteiger partial charge in [-0.3, -0.25) is 19.2 Å². The van der Waals surface area contributed by atoms with Crippen LogP contribution in [-0.2, 0) is 49.9 Å². The fraction of sp³-hybridized carbons (Fsp3) is 0.478. The first-order valence-electron chi connectivity index (χ1n) is 20.6. The van der Waals surface area contributed by atoms with Crippen molar-refractivity contribution in [1.29, 1.82) is 0 Å². The SMILES string of the molecule is COCCOC(=O)CCCCCCc1c(O)c2c(=O)cc(CO)c3c4c(CO)cc(NCCCCCC(=O)OCCCO)c5c(=O)c(OC)c6c(c(c1C=C(C)C6)c23)c54. The van der Waals surface area contributed by atoms with Gasteiger partial charge in [0.05, 0.1) is 44.3 Å². The maximum atomic E-state index is 14.7. The maximum Gasteiger partial charge on any atom is 0.305 e. The molecule has 1 aliphatic rings. The number of rotatable bonds is 23. The van der Waals surface area contributed by atoms with E-state index in [1.54, 1.807) is 13.2 Å². The summed E-state index contributed by atoms with van der Waals surface area (Å²) >= 11 is 0. The van der Waals surface area contributed by atoms with E-state index in [9.17, 15) is 34.5 Å². The van der Waals surface area contributed by atoms with Gasteiger partial charge in [0, 0.05) is 67.1 Å². The molecule has 1 aliphatic carbocycles. The summed E-state index contributed by atoms with van der Waals surface area (Å²) in [5.74, 6) is -0.538. The van der Waals surface area contributed by atoms with Crippen LogP contribution in [0.4, 0.5) is 5.69 Å². The number of phenols is 1. The van der Waals surface area contributed by atoms with Crippen molar-refractivity contribution in [2.24, 2.45) is 0 Å². The molecular formula is C46H55NO12. The molecule has 59 heavy (non-hydrogen) atoms. The van der Waals surface area contributed by atoms with Crippen molar-refractivity contribution in [3.8, 4) is 11.5 Å². The highest BCUT2D eigenvalue weighted by Crippen LogP contribution is 2.52. The third-order valence-electron chi connectivity index (χ3n) is 11.3. The summed E-state index contributed by atoms with van der Waals surface area (Å²) in [5.41, 5.74) is 3.44. The van der Waals surface area contributed by atoms with E-state index in [1.165, 1.54) is 13.2 Å². The van der Waals surface area contributed by atoms with Crippen LogP contribution in [0, 0.1) is 0 Å². The number of allylic oxidation sites excluding steroid dienone is 1. The van der Waals surface area contributed by atoms with Crippen molar-refractivity contribution < 1.29 is 49.0 Å². The second-order valence-electron chi connectivity index (χ2n) is 15.3. The summed E-state index contributed by atoms with van der Waals surface area (Å²) in [7, 11) is 3.01. The Morgan fingerprint density at radius 3 is 2.02 bits per heavy atom. The molecule has 13 heteroatoms. The van der Waals surface area contributed by atoms with Gasteiger partial charge in [-0.05, 0) is 95.8 Å². The molecule has 13 nitrogen and oxygen atoms in total. The molecule has 0 radical (unpaired) electrons. The fourth-order valence-corrected chi connectivity index (χ4v) is 8.72. The molecule has 316 valence electrons. The van der Waals surface area contributed by atoms with E-state index >= 15 is 0 Å². The summed E-state index contributed by atoms with van der Waals surface area (Å²) in [5, 5.41) is 50.2. The Balaban J connectivity index is 1.47. The van der Waals surface area contributed by atoms with Crippen LogP contribution in [-0.4, -0.2) is 79.6 Å². The number of anilines is 1. The number of fused-ring (bicyclic) bond motifs is 1. The smallest absolute Gasteiger partial charge is 0.305 e. The molecule has 0 saturated carbocycles. The molecule has 0 unspecified atom stereocenters. The summed E-state index contributed by atoms with van der Waals surface area (Å²) in [6, 6.07) is 3.08. The first-order chi connectivity index (χ1) is 28.6. The van der Waals surface area contributed by atoms with Gasteiger partial charge >= 0.3 is 11.9 Å². The van der Waals surface area contributed by atoms with Gasteiger partial charge in [0.1, 0.15) is 12.4 Å². The zero-order valence-corrected chi connectivity index (χ0v) is 34.2. The number of methoxy groups -OCH3 is 2. The number of aromatic hydroxyl groups is 1. The van der Waals surface area contributed by atoms with Gasteiger partial charge in [-0.15, -0.1) is 0 Å². The van der Waals surface area contributed by atoms with Crippen LogP contribution >= 0.6 is 0 Å². The summed E-state index contributed by atoms with van der Waals surface area (Å²) in [4.78, 5) is 52.8. The number of carbonyl (C=O) groups is 2. The second-order valence-corrected chi connectivity index (χ2v) is 15.3. The van der Waals surface area contributed by atoms with Crippen LogP contribution in [0.2, 0.25) is 0 Å². The summed E-state index contributed by atoms with van der Waals surface area (Å²) < 4.78 is 21.2. The Kier molecular flexibility index (Phi) is 14.6. The van der Waals surface area contributed by atoms with Crippen molar-refractivity contribution in [1.82, 2.24) is 0 Å². The number of benzene rings is 5. The second kappa shape index (κ2) is 19.8. The number of nitrogens with one attached hydrogen (secondary N) is 1. The Labute approximate surface area is 342 Å². The van der Waals surface area contributed by atoms with E-state index in [1.807, 2.05) is 13.0 Å². The molecule has 0 heterocycles. The van der Waals surface area contributed by atoms with Crippen molar-refractivity contribution in [2.75, 3.05) is 52.5 Å². The van der Waals surface area contributed by atoms with Gasteiger partial charge < -0.3 is 44.7 Å². The van der Waals surface area contributed by atoms with E-state index in [-0.39, 0.29) is 60.5 Å². The van der Waals surface area contributed by atoms with Gasteiger partial charge in [-0.2, -0.15) is 0 Å². The summed E-state index contributed by atoms with van der Waals surface area (Å²) in [6.07, 6.45) is 8.59. The lowest BCUT2D eigenvalue weighted by molar-refractivity contribution is -0.145. The molecule has 0 saturated heterocycles. The highest BCUT2D eigenvalue weighted by molar-refractivity contribution is 6.38. The van der Waals surface area contributed by atoms with Gasteiger partial charge in [0.25, 0.3) is 0 Å². The normalized spacial score (nSPS) is 12.5. The molecule has 0 bridgehead atoms. The molecule has 0 aromatic heterocycles. The van der Waals surface area contributed by atoms with Gasteiger partial charge in [-0.1, -0.05) is 30.9 Å². The first-order valence-corrected chi connectivity index (χ1v) is 20.6. The lowest BCUT2D eigenvalue weighted by atomic mass is 9.80. The van der Waals surface area contributed by atoms with Crippen LogP contribution in [0.3, 0.4) is 0 Å². The molecular weight excluding hydrogens is 759 g/mol. The number of hydrogen-bond acceptors (Lipinski definition) is 13. The monoisotopic (exact) mass is 813 g/mol. The Morgan fingerprint density at radius 2 is 1.36 bits per heavy atom. The number of aliphatic hydroxyl groups is 3. The van der Waals surface area contributed by atoms with E-state index in [2.05, 4.69) is 5.32 Å². The number of hydrogen-bond donors (Lipinski definition) is 5. The highest BCUT2D eigenvalue weighted by Gasteiger charge is 2.32. The lowest BCUT2D eigenvalue weighted by Gasteiger charge is -2.25. The van der Waals surface area contributed by atoms with Crippen molar-refractivity contribution in [2.45, 2.75) is 97.2 Å². The maximum absolute atomic E-state index is 14.7.